The van der Waals surface area contributed by atoms with Gasteiger partial charge >= 0.3 is 0 Å². The van der Waals surface area contributed by atoms with E-state index in [2.05, 4.69) is 10.5 Å². The van der Waals surface area contributed by atoms with Crippen LogP contribution in [0.3, 0.4) is 0 Å². The van der Waals surface area contributed by atoms with Crippen molar-refractivity contribution in [2.75, 3.05) is 18.4 Å². The SMILES string of the molecule is CCN(CC)S(=O)(=O)c1ccc(Oc2ccccc2)c(NC(=O)Cc2noc3ccccc23)c1. The van der Waals surface area contributed by atoms with Crippen LogP contribution >= 0.6 is 0 Å². The molecule has 0 atom stereocenters. The second-order valence-corrected chi connectivity index (χ2v) is 9.45. The lowest BCUT2D eigenvalue weighted by atomic mass is 10.1. The minimum atomic E-state index is -3.73. The fourth-order valence-electron chi connectivity index (χ4n) is 3.60. The van der Waals surface area contributed by atoms with E-state index < -0.39 is 10.0 Å². The van der Waals surface area contributed by atoms with E-state index in [9.17, 15) is 13.2 Å². The summed E-state index contributed by atoms with van der Waals surface area (Å²) in [5.74, 6) is 0.497. The third-order valence-corrected chi connectivity index (χ3v) is 7.37. The average molecular weight is 480 g/mol. The Labute approximate surface area is 198 Å². The summed E-state index contributed by atoms with van der Waals surface area (Å²) in [7, 11) is -3.73. The number of sulfonamides is 1. The summed E-state index contributed by atoms with van der Waals surface area (Å²) in [6, 6.07) is 20.8. The van der Waals surface area contributed by atoms with Crippen molar-refractivity contribution in [3.8, 4) is 11.5 Å². The van der Waals surface area contributed by atoms with Gasteiger partial charge in [0.05, 0.1) is 17.0 Å². The molecule has 1 N–H and O–H groups in total. The molecule has 4 rings (SSSR count). The van der Waals surface area contributed by atoms with Gasteiger partial charge in [0.25, 0.3) is 0 Å². The number of aromatic nitrogens is 1. The van der Waals surface area contributed by atoms with E-state index in [4.69, 9.17) is 9.26 Å². The van der Waals surface area contributed by atoms with Crippen LogP contribution in [-0.2, 0) is 21.2 Å². The van der Waals surface area contributed by atoms with Gasteiger partial charge in [-0.25, -0.2) is 8.42 Å². The maximum Gasteiger partial charge on any atom is 0.243 e. The van der Waals surface area contributed by atoms with Gasteiger partial charge in [-0.2, -0.15) is 4.31 Å². The normalized spacial score (nSPS) is 11.6. The number of nitrogens with zero attached hydrogens (tertiary/aromatic N) is 2. The molecule has 0 radical (unpaired) electrons. The van der Waals surface area contributed by atoms with E-state index in [0.717, 1.165) is 5.39 Å². The van der Waals surface area contributed by atoms with Gasteiger partial charge in [-0.3, -0.25) is 4.79 Å². The van der Waals surface area contributed by atoms with Gasteiger partial charge in [-0.1, -0.05) is 49.3 Å². The molecule has 4 aromatic rings. The minimum absolute atomic E-state index is 0.0468. The summed E-state index contributed by atoms with van der Waals surface area (Å²) < 4.78 is 38.7. The van der Waals surface area contributed by atoms with Crippen LogP contribution in [0, 0.1) is 0 Å². The number of fused-ring (bicyclic) bond motifs is 1. The van der Waals surface area contributed by atoms with Gasteiger partial charge in [0, 0.05) is 18.5 Å². The summed E-state index contributed by atoms with van der Waals surface area (Å²) in [5, 5.41) is 7.54. The molecule has 0 aliphatic rings. The highest BCUT2D eigenvalue weighted by molar-refractivity contribution is 7.89. The average Bonchev–Trinajstić information content (AvgIpc) is 3.24. The molecule has 34 heavy (non-hydrogen) atoms. The molecule has 0 unspecified atom stereocenters. The first kappa shape index (κ1) is 23.5. The number of ether oxygens (including phenoxy) is 1. The highest BCUT2D eigenvalue weighted by atomic mass is 32.2. The zero-order chi connectivity index (χ0) is 24.1. The van der Waals surface area contributed by atoms with Crippen molar-refractivity contribution in [3.05, 3.63) is 78.5 Å². The number of nitrogens with one attached hydrogen (secondary N) is 1. The third kappa shape index (κ3) is 4.95. The maximum atomic E-state index is 13.1. The lowest BCUT2D eigenvalue weighted by Gasteiger charge is -2.20. The number of rotatable bonds is 9. The van der Waals surface area contributed by atoms with Gasteiger partial charge in [-0.05, 0) is 42.5 Å². The Balaban J connectivity index is 1.66. The molecule has 9 heteroatoms. The Morgan fingerprint density at radius 1 is 1.00 bits per heavy atom. The molecular formula is C25H25N3O5S. The molecule has 0 aliphatic carbocycles. The molecule has 0 spiro atoms. The first-order valence-corrected chi connectivity index (χ1v) is 12.4. The second kappa shape index (κ2) is 10.1. The summed E-state index contributed by atoms with van der Waals surface area (Å²) in [6.07, 6.45) is -0.0468. The van der Waals surface area contributed by atoms with Crippen molar-refractivity contribution in [3.63, 3.8) is 0 Å². The number of anilines is 1. The first-order valence-electron chi connectivity index (χ1n) is 10.9. The summed E-state index contributed by atoms with van der Waals surface area (Å²) in [6.45, 7) is 4.22. The zero-order valence-electron chi connectivity index (χ0n) is 18.9. The quantitative estimate of drug-likeness (QED) is 0.369. The molecule has 0 saturated heterocycles. The van der Waals surface area contributed by atoms with Crippen molar-refractivity contribution in [2.45, 2.75) is 25.2 Å². The molecule has 1 heterocycles. The number of amides is 1. The first-order chi connectivity index (χ1) is 16.4. The van der Waals surface area contributed by atoms with Crippen molar-refractivity contribution in [1.29, 1.82) is 0 Å². The van der Waals surface area contributed by atoms with Crippen LogP contribution < -0.4 is 10.1 Å². The Morgan fingerprint density at radius 2 is 1.71 bits per heavy atom. The number of benzene rings is 3. The number of carbonyl (C=O) groups excluding carboxylic acids is 1. The molecular weight excluding hydrogens is 454 g/mol. The predicted molar refractivity (Wildman–Crippen MR) is 129 cm³/mol. The van der Waals surface area contributed by atoms with Crippen molar-refractivity contribution in [2.24, 2.45) is 0 Å². The lowest BCUT2D eigenvalue weighted by Crippen LogP contribution is -2.30. The van der Waals surface area contributed by atoms with Gasteiger partial charge in [0.1, 0.15) is 11.4 Å². The smallest absolute Gasteiger partial charge is 0.243 e. The molecule has 3 aromatic carbocycles. The van der Waals surface area contributed by atoms with Crippen LogP contribution in [0.5, 0.6) is 11.5 Å². The summed E-state index contributed by atoms with van der Waals surface area (Å²) in [5.41, 5.74) is 1.33. The van der Waals surface area contributed by atoms with Crippen LogP contribution in [0.15, 0.2) is 82.2 Å². The van der Waals surface area contributed by atoms with Crippen LogP contribution in [0.4, 0.5) is 5.69 Å². The Kier molecular flexibility index (Phi) is 6.95. The molecule has 1 aromatic heterocycles. The molecule has 176 valence electrons. The molecule has 1 amide bonds. The molecule has 0 saturated carbocycles. The number of hydrogen-bond donors (Lipinski definition) is 1. The highest BCUT2D eigenvalue weighted by Gasteiger charge is 2.24. The highest BCUT2D eigenvalue weighted by Crippen LogP contribution is 2.33. The Hall–Kier alpha value is -3.69. The third-order valence-electron chi connectivity index (χ3n) is 5.32. The molecule has 8 nitrogen and oxygen atoms in total. The van der Waals surface area contributed by atoms with Gasteiger partial charge in [-0.15, -0.1) is 0 Å². The van der Waals surface area contributed by atoms with E-state index in [1.807, 2.05) is 36.4 Å². The Morgan fingerprint density at radius 3 is 2.44 bits per heavy atom. The van der Waals surface area contributed by atoms with Crippen molar-refractivity contribution in [1.82, 2.24) is 9.46 Å². The van der Waals surface area contributed by atoms with E-state index in [1.165, 1.54) is 16.4 Å². The Bertz CT molecular complexity index is 1400. The van der Waals surface area contributed by atoms with E-state index in [0.29, 0.717) is 35.9 Å². The minimum Gasteiger partial charge on any atom is -0.455 e. The number of hydrogen-bond acceptors (Lipinski definition) is 6. The van der Waals surface area contributed by atoms with Gasteiger partial charge in [0.15, 0.2) is 11.3 Å². The van der Waals surface area contributed by atoms with Crippen LogP contribution in [0.2, 0.25) is 0 Å². The number of carbonyl (C=O) groups is 1. The topological polar surface area (TPSA) is 102 Å². The van der Waals surface area contributed by atoms with Gasteiger partial charge < -0.3 is 14.6 Å². The monoisotopic (exact) mass is 479 g/mol. The van der Waals surface area contributed by atoms with E-state index in [-0.39, 0.29) is 22.9 Å². The van der Waals surface area contributed by atoms with E-state index in [1.54, 1.807) is 38.1 Å². The largest absolute Gasteiger partial charge is 0.455 e. The fraction of sp³-hybridized carbons (Fsp3) is 0.200. The van der Waals surface area contributed by atoms with Gasteiger partial charge in [0.2, 0.25) is 15.9 Å². The second-order valence-electron chi connectivity index (χ2n) is 7.51. The van der Waals surface area contributed by atoms with Crippen LogP contribution in [0.1, 0.15) is 19.5 Å². The van der Waals surface area contributed by atoms with Crippen molar-refractivity contribution >= 4 is 32.6 Å². The molecule has 0 fully saturated rings. The standard InChI is InChI=1S/C25H25N3O5S/c1-3-28(4-2)34(30,31)19-14-15-24(32-18-10-6-5-7-11-18)22(16-19)26-25(29)17-21-20-12-8-9-13-23(20)33-27-21/h5-16H,3-4,17H2,1-2H3,(H,26,29). The van der Waals surface area contributed by atoms with Crippen LogP contribution in [-0.4, -0.2) is 36.9 Å². The summed E-state index contributed by atoms with van der Waals surface area (Å²) in [4.78, 5) is 13.0. The fourth-order valence-corrected chi connectivity index (χ4v) is 5.08. The van der Waals surface area contributed by atoms with Crippen molar-refractivity contribution < 1.29 is 22.5 Å². The summed E-state index contributed by atoms with van der Waals surface area (Å²) >= 11 is 0. The zero-order valence-corrected chi connectivity index (χ0v) is 19.7. The maximum absolute atomic E-state index is 13.1. The van der Waals surface area contributed by atoms with Crippen LogP contribution in [0.25, 0.3) is 11.0 Å². The molecule has 0 bridgehead atoms. The predicted octanol–water partition coefficient (Wildman–Crippen LogP) is 4.83. The lowest BCUT2D eigenvalue weighted by molar-refractivity contribution is -0.115. The van der Waals surface area contributed by atoms with E-state index >= 15 is 0 Å². The number of para-hydroxylation sites is 2. The molecule has 0 aliphatic heterocycles.